The fourth-order valence-electron chi connectivity index (χ4n) is 1.94. The molecule has 2 rings (SSSR count). The SMILES string of the molecule is CC(C)(C)CCC(O)c1cnn2ccccc12. The Kier molecular flexibility index (Phi) is 3.20. The van der Waals surface area contributed by atoms with Crippen LogP contribution in [-0.4, -0.2) is 14.7 Å². The van der Waals surface area contributed by atoms with Gasteiger partial charge < -0.3 is 5.11 Å². The first-order valence-corrected chi connectivity index (χ1v) is 6.08. The van der Waals surface area contributed by atoms with Crippen LogP contribution in [0.3, 0.4) is 0 Å². The predicted molar refractivity (Wildman–Crippen MR) is 68.8 cm³/mol. The number of pyridine rings is 1. The van der Waals surface area contributed by atoms with Crippen molar-refractivity contribution in [2.24, 2.45) is 5.41 Å². The number of fused-ring (bicyclic) bond motifs is 1. The molecule has 0 spiro atoms. The highest BCUT2D eigenvalue weighted by Gasteiger charge is 2.17. The van der Waals surface area contributed by atoms with Gasteiger partial charge >= 0.3 is 0 Å². The molecular formula is C14H20N2O. The molecule has 2 heterocycles. The van der Waals surface area contributed by atoms with Crippen molar-refractivity contribution in [1.82, 2.24) is 9.61 Å². The highest BCUT2D eigenvalue weighted by molar-refractivity contribution is 5.54. The van der Waals surface area contributed by atoms with E-state index in [2.05, 4.69) is 25.9 Å². The number of rotatable bonds is 3. The number of aromatic nitrogens is 2. The Hall–Kier alpha value is -1.35. The third-order valence-electron chi connectivity index (χ3n) is 2.98. The van der Waals surface area contributed by atoms with Crippen molar-refractivity contribution in [3.8, 4) is 0 Å². The molecular weight excluding hydrogens is 212 g/mol. The Labute approximate surface area is 102 Å². The van der Waals surface area contributed by atoms with Crippen LogP contribution in [0.4, 0.5) is 0 Å². The van der Waals surface area contributed by atoms with E-state index < -0.39 is 6.10 Å². The first-order valence-electron chi connectivity index (χ1n) is 6.08. The second kappa shape index (κ2) is 4.49. The summed E-state index contributed by atoms with van der Waals surface area (Å²) < 4.78 is 1.80. The molecule has 0 radical (unpaired) electrons. The van der Waals surface area contributed by atoms with Crippen molar-refractivity contribution in [3.05, 3.63) is 36.2 Å². The van der Waals surface area contributed by atoms with Crippen molar-refractivity contribution in [2.45, 2.75) is 39.7 Å². The van der Waals surface area contributed by atoms with Crippen molar-refractivity contribution in [3.63, 3.8) is 0 Å². The Morgan fingerprint density at radius 3 is 2.82 bits per heavy atom. The van der Waals surface area contributed by atoms with Crippen molar-refractivity contribution in [1.29, 1.82) is 0 Å². The zero-order valence-electron chi connectivity index (χ0n) is 10.7. The summed E-state index contributed by atoms with van der Waals surface area (Å²) in [6.45, 7) is 6.57. The molecule has 92 valence electrons. The smallest absolute Gasteiger partial charge is 0.0827 e. The largest absolute Gasteiger partial charge is 0.388 e. The summed E-state index contributed by atoms with van der Waals surface area (Å²) in [6.07, 6.45) is 5.02. The van der Waals surface area contributed by atoms with E-state index in [0.29, 0.717) is 0 Å². The zero-order valence-corrected chi connectivity index (χ0v) is 10.7. The third-order valence-corrected chi connectivity index (χ3v) is 2.98. The van der Waals surface area contributed by atoms with Gasteiger partial charge in [-0.05, 0) is 30.4 Å². The molecule has 2 aromatic rings. The normalized spacial score (nSPS) is 14.1. The number of aliphatic hydroxyl groups is 1. The number of nitrogens with zero attached hydrogens (tertiary/aromatic N) is 2. The maximum Gasteiger partial charge on any atom is 0.0827 e. The molecule has 0 amide bonds. The summed E-state index contributed by atoms with van der Waals surface area (Å²) in [6, 6.07) is 5.89. The molecule has 0 saturated carbocycles. The van der Waals surface area contributed by atoms with Gasteiger partial charge in [-0.1, -0.05) is 26.8 Å². The Morgan fingerprint density at radius 2 is 2.12 bits per heavy atom. The zero-order chi connectivity index (χ0) is 12.5. The van der Waals surface area contributed by atoms with E-state index in [1.807, 2.05) is 24.4 Å². The fourth-order valence-corrected chi connectivity index (χ4v) is 1.94. The lowest BCUT2D eigenvalue weighted by Crippen LogP contribution is -2.08. The molecule has 0 aliphatic heterocycles. The van der Waals surface area contributed by atoms with Gasteiger partial charge in [0.2, 0.25) is 0 Å². The molecule has 0 fully saturated rings. The van der Waals surface area contributed by atoms with Crippen LogP contribution < -0.4 is 0 Å². The minimum atomic E-state index is -0.422. The topological polar surface area (TPSA) is 37.5 Å². The summed E-state index contributed by atoms with van der Waals surface area (Å²) in [4.78, 5) is 0. The van der Waals surface area contributed by atoms with Gasteiger partial charge in [-0.15, -0.1) is 0 Å². The maximum atomic E-state index is 10.2. The van der Waals surface area contributed by atoms with E-state index in [9.17, 15) is 5.11 Å². The fraction of sp³-hybridized carbons (Fsp3) is 0.500. The monoisotopic (exact) mass is 232 g/mol. The second-order valence-electron chi connectivity index (χ2n) is 5.75. The molecule has 3 heteroatoms. The summed E-state index contributed by atoms with van der Waals surface area (Å²) in [7, 11) is 0. The lowest BCUT2D eigenvalue weighted by Gasteiger charge is -2.19. The van der Waals surface area contributed by atoms with E-state index >= 15 is 0 Å². The van der Waals surface area contributed by atoms with Gasteiger partial charge in [-0.25, -0.2) is 4.52 Å². The first kappa shape index (κ1) is 12.1. The predicted octanol–water partition coefficient (Wildman–Crippen LogP) is 3.19. The molecule has 0 aromatic carbocycles. The molecule has 2 aromatic heterocycles. The van der Waals surface area contributed by atoms with Gasteiger partial charge in [0.1, 0.15) is 0 Å². The number of aliphatic hydroxyl groups excluding tert-OH is 1. The molecule has 1 unspecified atom stereocenters. The molecule has 3 nitrogen and oxygen atoms in total. The maximum absolute atomic E-state index is 10.2. The lowest BCUT2D eigenvalue weighted by molar-refractivity contribution is 0.149. The third kappa shape index (κ3) is 2.86. The average Bonchev–Trinajstić information content (AvgIpc) is 2.68. The van der Waals surface area contributed by atoms with Gasteiger partial charge in [-0.2, -0.15) is 5.10 Å². The summed E-state index contributed by atoms with van der Waals surface area (Å²) in [5, 5.41) is 14.5. The van der Waals surface area contributed by atoms with Crippen molar-refractivity contribution in [2.75, 3.05) is 0 Å². The van der Waals surface area contributed by atoms with Crippen LogP contribution in [-0.2, 0) is 0 Å². The van der Waals surface area contributed by atoms with E-state index in [1.54, 1.807) is 10.7 Å². The van der Waals surface area contributed by atoms with Gasteiger partial charge in [0.05, 0.1) is 17.8 Å². The van der Waals surface area contributed by atoms with Gasteiger partial charge in [0.15, 0.2) is 0 Å². The minimum Gasteiger partial charge on any atom is -0.388 e. The van der Waals surface area contributed by atoms with E-state index in [1.165, 1.54) is 0 Å². The molecule has 0 bridgehead atoms. The Bertz CT molecular complexity index is 496. The highest BCUT2D eigenvalue weighted by Crippen LogP contribution is 2.28. The summed E-state index contributed by atoms with van der Waals surface area (Å²) in [5.41, 5.74) is 2.17. The number of hydrogen-bond donors (Lipinski definition) is 1. The van der Waals surface area contributed by atoms with Crippen LogP contribution in [0.5, 0.6) is 0 Å². The Morgan fingerprint density at radius 1 is 1.35 bits per heavy atom. The van der Waals surface area contributed by atoms with Crippen LogP contribution in [0.2, 0.25) is 0 Å². The molecule has 0 saturated heterocycles. The van der Waals surface area contributed by atoms with Gasteiger partial charge in [0, 0.05) is 11.8 Å². The van der Waals surface area contributed by atoms with E-state index in [-0.39, 0.29) is 5.41 Å². The molecule has 1 N–H and O–H groups in total. The highest BCUT2D eigenvalue weighted by atomic mass is 16.3. The second-order valence-corrected chi connectivity index (χ2v) is 5.75. The quantitative estimate of drug-likeness (QED) is 0.882. The van der Waals surface area contributed by atoms with Crippen LogP contribution in [0, 0.1) is 5.41 Å². The minimum absolute atomic E-state index is 0.254. The molecule has 17 heavy (non-hydrogen) atoms. The molecule has 0 aliphatic rings. The van der Waals surface area contributed by atoms with Crippen molar-refractivity contribution >= 4 is 5.52 Å². The number of hydrogen-bond acceptors (Lipinski definition) is 2. The first-order chi connectivity index (χ1) is 7.97. The van der Waals surface area contributed by atoms with Crippen LogP contribution in [0.15, 0.2) is 30.6 Å². The summed E-state index contributed by atoms with van der Waals surface area (Å²) in [5.74, 6) is 0. The summed E-state index contributed by atoms with van der Waals surface area (Å²) >= 11 is 0. The molecule has 1 atom stereocenters. The van der Waals surface area contributed by atoms with Crippen LogP contribution >= 0.6 is 0 Å². The van der Waals surface area contributed by atoms with Crippen LogP contribution in [0.1, 0.15) is 45.3 Å². The molecule has 0 aliphatic carbocycles. The lowest BCUT2D eigenvalue weighted by atomic mass is 9.88. The standard InChI is InChI=1S/C14H20N2O/c1-14(2,3)8-7-13(17)11-10-15-16-9-5-4-6-12(11)16/h4-6,9-10,13,17H,7-8H2,1-3H3. The van der Waals surface area contributed by atoms with E-state index in [0.717, 1.165) is 23.9 Å². The van der Waals surface area contributed by atoms with Gasteiger partial charge in [0.25, 0.3) is 0 Å². The average molecular weight is 232 g/mol. The Balaban J connectivity index is 2.16. The van der Waals surface area contributed by atoms with E-state index in [4.69, 9.17) is 0 Å². The van der Waals surface area contributed by atoms with Crippen LogP contribution in [0.25, 0.3) is 5.52 Å². The van der Waals surface area contributed by atoms with Crippen molar-refractivity contribution < 1.29 is 5.11 Å². The van der Waals surface area contributed by atoms with Gasteiger partial charge in [-0.3, -0.25) is 0 Å².